The van der Waals surface area contributed by atoms with E-state index in [0.717, 1.165) is 36.8 Å². The van der Waals surface area contributed by atoms with Crippen molar-refractivity contribution in [1.82, 2.24) is 4.90 Å². The van der Waals surface area contributed by atoms with Gasteiger partial charge in [0.2, 0.25) is 0 Å². The van der Waals surface area contributed by atoms with Crippen LogP contribution in [0.3, 0.4) is 0 Å². The average Bonchev–Trinajstić information content (AvgIpc) is 2.77. The minimum absolute atomic E-state index is 0.422. The molecule has 0 aliphatic carbocycles. The number of hydrogen-bond donors (Lipinski definition) is 2. The first-order valence-electron chi connectivity index (χ1n) is 6.45. The van der Waals surface area contributed by atoms with Gasteiger partial charge in [0.1, 0.15) is 0 Å². The number of hydrogen-bond acceptors (Lipinski definition) is 3. The number of aliphatic hydroxyl groups is 1. The van der Waals surface area contributed by atoms with Crippen molar-refractivity contribution in [3.05, 3.63) is 29.8 Å². The van der Waals surface area contributed by atoms with Gasteiger partial charge in [0.05, 0.1) is 6.10 Å². The van der Waals surface area contributed by atoms with Crippen LogP contribution in [-0.2, 0) is 0 Å². The third kappa shape index (κ3) is 3.20. The molecule has 1 aliphatic heterocycles. The number of aliphatic hydroxyl groups excluding tert-OH is 1. The van der Waals surface area contributed by atoms with E-state index in [9.17, 15) is 5.11 Å². The molecule has 1 aromatic rings. The number of nitrogen functional groups attached to an aromatic ring is 1. The highest BCUT2D eigenvalue weighted by molar-refractivity contribution is 5.41. The zero-order valence-electron chi connectivity index (χ0n) is 10.5. The smallest absolute Gasteiger partial charge is 0.0917 e. The molecule has 1 aromatic carbocycles. The monoisotopic (exact) mass is 234 g/mol. The maximum Gasteiger partial charge on any atom is 0.0917 e. The van der Waals surface area contributed by atoms with Crippen LogP contribution >= 0.6 is 0 Å². The lowest BCUT2D eigenvalue weighted by molar-refractivity contribution is 0.124. The summed E-state index contributed by atoms with van der Waals surface area (Å²) in [5, 5.41) is 10.2. The maximum atomic E-state index is 10.2. The quantitative estimate of drug-likeness (QED) is 0.784. The van der Waals surface area contributed by atoms with Crippen molar-refractivity contribution in [2.75, 3.05) is 25.4 Å². The van der Waals surface area contributed by atoms with E-state index in [0.29, 0.717) is 0 Å². The molecule has 1 saturated heterocycles. The first kappa shape index (κ1) is 12.4. The molecule has 3 nitrogen and oxygen atoms in total. The third-order valence-corrected chi connectivity index (χ3v) is 3.67. The molecule has 2 unspecified atom stereocenters. The first-order valence-corrected chi connectivity index (χ1v) is 6.45. The van der Waals surface area contributed by atoms with E-state index in [1.54, 1.807) is 0 Å². The Kier molecular flexibility index (Phi) is 4.02. The van der Waals surface area contributed by atoms with Crippen molar-refractivity contribution in [1.29, 1.82) is 0 Å². The van der Waals surface area contributed by atoms with E-state index in [1.807, 2.05) is 24.3 Å². The topological polar surface area (TPSA) is 49.5 Å². The predicted molar refractivity (Wildman–Crippen MR) is 70.7 cm³/mol. The molecule has 0 bridgehead atoms. The van der Waals surface area contributed by atoms with Crippen molar-refractivity contribution in [2.45, 2.75) is 25.9 Å². The molecule has 2 atom stereocenters. The zero-order valence-corrected chi connectivity index (χ0v) is 10.5. The second-order valence-electron chi connectivity index (χ2n) is 5.01. The van der Waals surface area contributed by atoms with Gasteiger partial charge in [-0.05, 0) is 36.6 Å². The van der Waals surface area contributed by atoms with Gasteiger partial charge < -0.3 is 15.7 Å². The number of nitrogens with zero attached hydrogens (tertiary/aromatic N) is 1. The van der Waals surface area contributed by atoms with Crippen LogP contribution in [0.4, 0.5) is 5.69 Å². The maximum absolute atomic E-state index is 10.2. The van der Waals surface area contributed by atoms with Gasteiger partial charge >= 0.3 is 0 Å². The Morgan fingerprint density at radius 3 is 3.00 bits per heavy atom. The van der Waals surface area contributed by atoms with Crippen LogP contribution < -0.4 is 5.73 Å². The number of benzene rings is 1. The van der Waals surface area contributed by atoms with Crippen LogP contribution in [0, 0.1) is 5.92 Å². The van der Waals surface area contributed by atoms with Gasteiger partial charge in [-0.25, -0.2) is 0 Å². The van der Waals surface area contributed by atoms with E-state index >= 15 is 0 Å². The standard InChI is InChI=1S/C14H22N2O/c1-2-11-6-7-16(9-11)10-14(17)12-4-3-5-13(15)8-12/h3-5,8,11,14,17H,2,6-7,9-10,15H2,1H3. The fraction of sp³-hybridized carbons (Fsp3) is 0.571. The molecule has 0 aromatic heterocycles. The number of anilines is 1. The molecule has 0 saturated carbocycles. The summed E-state index contributed by atoms with van der Waals surface area (Å²) >= 11 is 0. The lowest BCUT2D eigenvalue weighted by Gasteiger charge is -2.20. The first-order chi connectivity index (χ1) is 8.19. The lowest BCUT2D eigenvalue weighted by Crippen LogP contribution is -2.26. The molecule has 1 aliphatic rings. The summed E-state index contributed by atoms with van der Waals surface area (Å²) in [6, 6.07) is 7.54. The highest BCUT2D eigenvalue weighted by Crippen LogP contribution is 2.23. The summed E-state index contributed by atoms with van der Waals surface area (Å²) in [5.74, 6) is 0.808. The Morgan fingerprint density at radius 2 is 2.35 bits per heavy atom. The molecule has 3 N–H and O–H groups in total. The lowest BCUT2D eigenvalue weighted by atomic mass is 10.1. The number of β-amino-alcohol motifs (C(OH)–C–C–N with tert-alkyl or cyclic N) is 1. The molecule has 0 amide bonds. The van der Waals surface area contributed by atoms with Crippen LogP contribution in [0.2, 0.25) is 0 Å². The van der Waals surface area contributed by atoms with Crippen LogP contribution in [-0.4, -0.2) is 29.6 Å². The Bertz CT molecular complexity index is 367. The molecule has 94 valence electrons. The second kappa shape index (κ2) is 5.52. The Balaban J connectivity index is 1.91. The van der Waals surface area contributed by atoms with Gasteiger partial charge in [-0.1, -0.05) is 25.5 Å². The number of nitrogens with two attached hydrogens (primary N) is 1. The fourth-order valence-corrected chi connectivity index (χ4v) is 2.53. The highest BCUT2D eigenvalue weighted by atomic mass is 16.3. The van der Waals surface area contributed by atoms with Gasteiger partial charge in [0.25, 0.3) is 0 Å². The fourth-order valence-electron chi connectivity index (χ4n) is 2.53. The van der Waals surface area contributed by atoms with Gasteiger partial charge in [-0.3, -0.25) is 0 Å². The van der Waals surface area contributed by atoms with E-state index in [-0.39, 0.29) is 0 Å². The summed E-state index contributed by atoms with van der Waals surface area (Å²) in [6.07, 6.45) is 2.08. The van der Waals surface area contributed by atoms with Crippen LogP contribution in [0.15, 0.2) is 24.3 Å². The molecule has 17 heavy (non-hydrogen) atoms. The van der Waals surface area contributed by atoms with Crippen molar-refractivity contribution in [3.8, 4) is 0 Å². The summed E-state index contributed by atoms with van der Waals surface area (Å²) in [6.45, 7) is 5.19. The molecular formula is C14H22N2O. The Labute approximate surface area is 103 Å². The summed E-state index contributed by atoms with van der Waals surface area (Å²) < 4.78 is 0. The van der Waals surface area contributed by atoms with Gasteiger partial charge in [0, 0.05) is 18.8 Å². The Hall–Kier alpha value is -1.06. The van der Waals surface area contributed by atoms with Gasteiger partial charge in [-0.2, -0.15) is 0 Å². The van der Waals surface area contributed by atoms with Gasteiger partial charge in [-0.15, -0.1) is 0 Å². The van der Waals surface area contributed by atoms with Gasteiger partial charge in [0.15, 0.2) is 0 Å². The molecular weight excluding hydrogens is 212 g/mol. The van der Waals surface area contributed by atoms with E-state index in [2.05, 4.69) is 11.8 Å². The van der Waals surface area contributed by atoms with Crippen molar-refractivity contribution in [3.63, 3.8) is 0 Å². The summed E-state index contributed by atoms with van der Waals surface area (Å²) in [7, 11) is 0. The third-order valence-electron chi connectivity index (χ3n) is 3.67. The molecule has 2 rings (SSSR count). The minimum Gasteiger partial charge on any atom is -0.399 e. The molecule has 3 heteroatoms. The molecule has 1 heterocycles. The summed E-state index contributed by atoms with van der Waals surface area (Å²) in [4.78, 5) is 2.35. The highest BCUT2D eigenvalue weighted by Gasteiger charge is 2.23. The zero-order chi connectivity index (χ0) is 12.3. The largest absolute Gasteiger partial charge is 0.399 e. The second-order valence-corrected chi connectivity index (χ2v) is 5.01. The van der Waals surface area contributed by atoms with E-state index in [1.165, 1.54) is 12.8 Å². The van der Waals surface area contributed by atoms with Crippen molar-refractivity contribution < 1.29 is 5.11 Å². The van der Waals surface area contributed by atoms with Crippen LogP contribution in [0.1, 0.15) is 31.4 Å². The van der Waals surface area contributed by atoms with E-state index in [4.69, 9.17) is 5.73 Å². The van der Waals surface area contributed by atoms with Crippen molar-refractivity contribution in [2.24, 2.45) is 5.92 Å². The van der Waals surface area contributed by atoms with Crippen LogP contribution in [0.5, 0.6) is 0 Å². The minimum atomic E-state index is -0.422. The molecule has 1 fully saturated rings. The number of rotatable bonds is 4. The Morgan fingerprint density at radius 1 is 1.53 bits per heavy atom. The average molecular weight is 234 g/mol. The molecule has 0 radical (unpaired) electrons. The number of likely N-dealkylation sites (tertiary alicyclic amines) is 1. The summed E-state index contributed by atoms with van der Waals surface area (Å²) in [5.41, 5.74) is 7.36. The normalized spacial score (nSPS) is 22.8. The van der Waals surface area contributed by atoms with Crippen LogP contribution in [0.25, 0.3) is 0 Å². The molecule has 0 spiro atoms. The van der Waals surface area contributed by atoms with E-state index < -0.39 is 6.10 Å². The predicted octanol–water partition coefficient (Wildman–Crippen LogP) is 2.03. The SMILES string of the molecule is CCC1CCN(CC(O)c2cccc(N)c2)C1. The van der Waals surface area contributed by atoms with Crippen molar-refractivity contribution >= 4 is 5.69 Å².